The largest absolute Gasteiger partial charge is 0.469 e. The van der Waals surface area contributed by atoms with Gasteiger partial charge in [0.25, 0.3) is 0 Å². The van der Waals surface area contributed by atoms with Gasteiger partial charge in [0.2, 0.25) is 5.91 Å². The van der Waals surface area contributed by atoms with Gasteiger partial charge in [0.1, 0.15) is 0 Å². The molecule has 21 heavy (non-hydrogen) atoms. The second-order valence-electron chi connectivity index (χ2n) is 5.17. The van der Waals surface area contributed by atoms with Gasteiger partial charge >= 0.3 is 5.97 Å². The van der Waals surface area contributed by atoms with Crippen LogP contribution in [0.5, 0.6) is 0 Å². The highest BCUT2D eigenvalue weighted by Gasteiger charge is 2.19. The van der Waals surface area contributed by atoms with E-state index >= 15 is 0 Å². The van der Waals surface area contributed by atoms with Crippen molar-refractivity contribution in [3.63, 3.8) is 0 Å². The molecule has 0 fully saturated rings. The smallest absolute Gasteiger partial charge is 0.305 e. The Labute approximate surface area is 125 Å². The monoisotopic (exact) mass is 287 g/mol. The summed E-state index contributed by atoms with van der Waals surface area (Å²) in [6, 6.07) is 9.56. The van der Waals surface area contributed by atoms with Crippen LogP contribution in [0.1, 0.15) is 43.7 Å². The summed E-state index contributed by atoms with van der Waals surface area (Å²) in [5, 5.41) is 3.04. The normalized spacial score (nSPS) is 15.2. The summed E-state index contributed by atoms with van der Waals surface area (Å²) in [6.45, 7) is 0. The Kier molecular flexibility index (Phi) is 5.55. The number of rotatable bonds is 6. The predicted molar refractivity (Wildman–Crippen MR) is 80.5 cm³/mol. The first-order chi connectivity index (χ1) is 10.2. The van der Waals surface area contributed by atoms with Gasteiger partial charge in [-0.05, 0) is 31.2 Å². The van der Waals surface area contributed by atoms with Crippen LogP contribution in [0.2, 0.25) is 0 Å². The Balaban J connectivity index is 2.04. The van der Waals surface area contributed by atoms with E-state index < -0.39 is 0 Å². The molecule has 0 unspecified atom stereocenters. The molecule has 1 aromatic carbocycles. The minimum Gasteiger partial charge on any atom is -0.469 e. The van der Waals surface area contributed by atoms with Gasteiger partial charge in [0.05, 0.1) is 13.2 Å². The van der Waals surface area contributed by atoms with Crippen molar-refractivity contribution in [2.45, 2.75) is 38.1 Å². The first kappa shape index (κ1) is 15.3. The summed E-state index contributed by atoms with van der Waals surface area (Å²) in [7, 11) is 1.38. The molecular weight excluding hydrogens is 266 g/mol. The molecule has 1 aliphatic rings. The number of hydrogen-bond donors (Lipinski definition) is 1. The van der Waals surface area contributed by atoms with Crippen molar-refractivity contribution in [3.8, 4) is 0 Å². The standard InChI is InChI=1S/C17H21NO3/c1-21-16(19)12-11-15(13-7-3-2-4-8-13)18-17(20)14-9-5-6-10-14/h2-4,7-9,15H,5-6,10-12H2,1H3,(H,18,20)/t15-/m0/s1. The van der Waals surface area contributed by atoms with E-state index in [0.29, 0.717) is 6.42 Å². The van der Waals surface area contributed by atoms with Gasteiger partial charge in [-0.25, -0.2) is 0 Å². The maximum atomic E-state index is 12.2. The lowest BCUT2D eigenvalue weighted by atomic mass is 10.0. The van der Waals surface area contributed by atoms with E-state index in [1.807, 2.05) is 36.4 Å². The van der Waals surface area contributed by atoms with Gasteiger partial charge < -0.3 is 10.1 Å². The zero-order chi connectivity index (χ0) is 15.1. The molecule has 1 N–H and O–H groups in total. The van der Waals surface area contributed by atoms with E-state index in [-0.39, 0.29) is 24.3 Å². The second kappa shape index (κ2) is 7.62. The van der Waals surface area contributed by atoms with Gasteiger partial charge in [-0.15, -0.1) is 0 Å². The first-order valence-corrected chi connectivity index (χ1v) is 7.32. The van der Waals surface area contributed by atoms with Crippen LogP contribution in [-0.2, 0) is 14.3 Å². The molecule has 0 radical (unpaired) electrons. The third kappa shape index (κ3) is 4.45. The number of esters is 1. The molecule has 0 aromatic heterocycles. The minimum atomic E-state index is -0.259. The number of amides is 1. The molecular formula is C17H21NO3. The zero-order valence-corrected chi connectivity index (χ0v) is 12.3. The molecule has 1 aliphatic carbocycles. The molecule has 1 aromatic rings. The van der Waals surface area contributed by atoms with Crippen LogP contribution in [0.15, 0.2) is 42.0 Å². The third-order valence-electron chi connectivity index (χ3n) is 3.70. The Bertz CT molecular complexity index is 522. The third-order valence-corrected chi connectivity index (χ3v) is 3.70. The molecule has 4 nitrogen and oxygen atoms in total. The molecule has 0 saturated heterocycles. The summed E-state index contributed by atoms with van der Waals surface area (Å²) >= 11 is 0. The summed E-state index contributed by atoms with van der Waals surface area (Å²) in [6.07, 6.45) is 5.68. The molecule has 4 heteroatoms. The maximum Gasteiger partial charge on any atom is 0.305 e. The number of allylic oxidation sites excluding steroid dienone is 1. The summed E-state index contributed by atoms with van der Waals surface area (Å²) in [4.78, 5) is 23.6. The van der Waals surface area contributed by atoms with Crippen molar-refractivity contribution in [1.82, 2.24) is 5.32 Å². The minimum absolute atomic E-state index is 0.0220. The molecule has 1 atom stereocenters. The lowest BCUT2D eigenvalue weighted by Crippen LogP contribution is -2.30. The quantitative estimate of drug-likeness (QED) is 0.818. The molecule has 112 valence electrons. The second-order valence-corrected chi connectivity index (χ2v) is 5.17. The first-order valence-electron chi connectivity index (χ1n) is 7.32. The van der Waals surface area contributed by atoms with Crippen molar-refractivity contribution in [1.29, 1.82) is 0 Å². The number of methoxy groups -OCH3 is 1. The van der Waals surface area contributed by atoms with Crippen molar-refractivity contribution in [2.24, 2.45) is 0 Å². The lowest BCUT2D eigenvalue weighted by molar-refractivity contribution is -0.141. The van der Waals surface area contributed by atoms with Crippen molar-refractivity contribution < 1.29 is 14.3 Å². The van der Waals surface area contributed by atoms with Crippen LogP contribution in [-0.4, -0.2) is 19.0 Å². The highest BCUT2D eigenvalue weighted by atomic mass is 16.5. The van der Waals surface area contributed by atoms with Gasteiger partial charge in [-0.1, -0.05) is 36.4 Å². The number of carbonyl (C=O) groups is 2. The van der Waals surface area contributed by atoms with Crippen LogP contribution >= 0.6 is 0 Å². The van der Waals surface area contributed by atoms with E-state index in [1.165, 1.54) is 7.11 Å². The van der Waals surface area contributed by atoms with Crippen LogP contribution in [0, 0.1) is 0 Å². The number of carbonyl (C=O) groups excluding carboxylic acids is 2. The van der Waals surface area contributed by atoms with Crippen LogP contribution in [0.25, 0.3) is 0 Å². The molecule has 0 heterocycles. The van der Waals surface area contributed by atoms with Crippen molar-refractivity contribution >= 4 is 11.9 Å². The maximum absolute atomic E-state index is 12.2. The average molecular weight is 287 g/mol. The average Bonchev–Trinajstić information content (AvgIpc) is 3.06. The molecule has 0 aliphatic heterocycles. The fourth-order valence-electron chi connectivity index (χ4n) is 2.50. The van der Waals surface area contributed by atoms with E-state index in [1.54, 1.807) is 0 Å². The highest BCUT2D eigenvalue weighted by Crippen LogP contribution is 2.22. The van der Waals surface area contributed by atoms with Crippen LogP contribution < -0.4 is 5.32 Å². The van der Waals surface area contributed by atoms with E-state index in [2.05, 4.69) is 10.1 Å². The molecule has 0 saturated carbocycles. The number of ether oxygens (including phenoxy) is 1. The Morgan fingerprint density at radius 3 is 2.67 bits per heavy atom. The fraction of sp³-hybridized carbons (Fsp3) is 0.412. The van der Waals surface area contributed by atoms with E-state index in [4.69, 9.17) is 0 Å². The van der Waals surface area contributed by atoms with Gasteiger partial charge in [-0.3, -0.25) is 9.59 Å². The van der Waals surface area contributed by atoms with Gasteiger partial charge in [0.15, 0.2) is 0 Å². The van der Waals surface area contributed by atoms with Crippen molar-refractivity contribution in [3.05, 3.63) is 47.5 Å². The lowest BCUT2D eigenvalue weighted by Gasteiger charge is -2.19. The Hall–Kier alpha value is -2.10. The van der Waals surface area contributed by atoms with E-state index in [0.717, 1.165) is 30.4 Å². The number of hydrogen-bond acceptors (Lipinski definition) is 3. The van der Waals surface area contributed by atoms with Crippen molar-refractivity contribution in [2.75, 3.05) is 7.11 Å². The van der Waals surface area contributed by atoms with Gasteiger partial charge in [-0.2, -0.15) is 0 Å². The number of nitrogens with one attached hydrogen (secondary N) is 1. The SMILES string of the molecule is COC(=O)CC[C@H](NC(=O)C1=CCCC1)c1ccccc1. The molecule has 0 spiro atoms. The Morgan fingerprint density at radius 2 is 2.05 bits per heavy atom. The highest BCUT2D eigenvalue weighted by molar-refractivity contribution is 5.94. The molecule has 2 rings (SSSR count). The summed E-state index contributed by atoms with van der Waals surface area (Å²) in [5.74, 6) is -0.281. The molecule has 1 amide bonds. The van der Waals surface area contributed by atoms with Crippen LogP contribution in [0.4, 0.5) is 0 Å². The fourth-order valence-corrected chi connectivity index (χ4v) is 2.50. The zero-order valence-electron chi connectivity index (χ0n) is 12.3. The van der Waals surface area contributed by atoms with Crippen LogP contribution in [0.3, 0.4) is 0 Å². The van der Waals surface area contributed by atoms with Gasteiger partial charge in [0, 0.05) is 12.0 Å². The summed E-state index contributed by atoms with van der Waals surface area (Å²) < 4.78 is 4.68. The number of benzene rings is 1. The topological polar surface area (TPSA) is 55.4 Å². The summed E-state index contributed by atoms with van der Waals surface area (Å²) in [5.41, 5.74) is 1.86. The Morgan fingerprint density at radius 1 is 1.29 bits per heavy atom. The van der Waals surface area contributed by atoms with E-state index in [9.17, 15) is 9.59 Å². The molecule has 0 bridgehead atoms. The predicted octanol–water partition coefficient (Wildman–Crippen LogP) is 2.91.